The largest absolute Gasteiger partial charge is 0.453 e. The van der Waals surface area contributed by atoms with Gasteiger partial charge in [0.05, 0.1) is 11.9 Å². The number of hydrogen-bond acceptors (Lipinski definition) is 7. The van der Waals surface area contributed by atoms with E-state index in [0.717, 1.165) is 11.4 Å². The number of nitrogens with zero attached hydrogens (tertiary/aromatic N) is 6. The number of carbonyl (C=O) groups excluding carboxylic acids is 1. The number of aromatic nitrogens is 6. The SMILES string of the molecule is CSc1ncc(C(=O)OCc2nnnn2-c2ccccc2)n1-c1ccccc1. The second kappa shape index (κ2) is 8.05. The van der Waals surface area contributed by atoms with E-state index in [-0.39, 0.29) is 6.61 Å². The normalized spacial score (nSPS) is 10.8. The van der Waals surface area contributed by atoms with Crippen molar-refractivity contribution < 1.29 is 9.53 Å². The van der Waals surface area contributed by atoms with Crippen molar-refractivity contribution in [3.63, 3.8) is 0 Å². The Hall–Kier alpha value is -3.46. The van der Waals surface area contributed by atoms with Crippen LogP contribution in [0.4, 0.5) is 0 Å². The average molecular weight is 392 g/mol. The third-order valence-electron chi connectivity index (χ3n) is 4.00. The highest BCUT2D eigenvalue weighted by molar-refractivity contribution is 7.98. The highest BCUT2D eigenvalue weighted by atomic mass is 32.2. The lowest BCUT2D eigenvalue weighted by Gasteiger charge is -2.10. The fourth-order valence-corrected chi connectivity index (χ4v) is 3.26. The van der Waals surface area contributed by atoms with Crippen molar-refractivity contribution in [2.45, 2.75) is 11.8 Å². The number of imidazole rings is 1. The van der Waals surface area contributed by atoms with Crippen LogP contribution in [0.1, 0.15) is 16.3 Å². The second-order valence-corrected chi connectivity index (χ2v) is 6.49. The third-order valence-corrected chi connectivity index (χ3v) is 4.66. The molecule has 0 atom stereocenters. The van der Waals surface area contributed by atoms with Crippen molar-refractivity contribution in [2.75, 3.05) is 6.26 Å². The van der Waals surface area contributed by atoms with Gasteiger partial charge in [-0.1, -0.05) is 48.2 Å². The Morgan fingerprint density at radius 3 is 2.39 bits per heavy atom. The van der Waals surface area contributed by atoms with Crippen LogP contribution in [0.2, 0.25) is 0 Å². The molecule has 2 aromatic carbocycles. The molecular formula is C19H16N6O2S. The molecule has 28 heavy (non-hydrogen) atoms. The minimum atomic E-state index is -0.501. The molecule has 0 amide bonds. The van der Waals surface area contributed by atoms with Gasteiger partial charge in [0.15, 0.2) is 23.3 Å². The molecule has 0 saturated carbocycles. The molecule has 0 radical (unpaired) electrons. The van der Waals surface area contributed by atoms with Crippen LogP contribution in [0.15, 0.2) is 72.0 Å². The van der Waals surface area contributed by atoms with Crippen molar-refractivity contribution in [2.24, 2.45) is 0 Å². The van der Waals surface area contributed by atoms with Gasteiger partial charge in [-0.3, -0.25) is 4.57 Å². The molecule has 4 rings (SSSR count). The van der Waals surface area contributed by atoms with Gasteiger partial charge in [0, 0.05) is 5.69 Å². The van der Waals surface area contributed by atoms with Crippen LogP contribution in [0.3, 0.4) is 0 Å². The fourth-order valence-electron chi connectivity index (χ4n) is 2.72. The van der Waals surface area contributed by atoms with Gasteiger partial charge in [-0.15, -0.1) is 5.10 Å². The molecule has 0 spiro atoms. The van der Waals surface area contributed by atoms with Crippen molar-refractivity contribution in [1.82, 2.24) is 29.8 Å². The fraction of sp³-hybridized carbons (Fsp3) is 0.105. The van der Waals surface area contributed by atoms with E-state index < -0.39 is 5.97 Å². The molecule has 140 valence electrons. The van der Waals surface area contributed by atoms with Gasteiger partial charge in [-0.05, 0) is 40.9 Å². The van der Waals surface area contributed by atoms with Gasteiger partial charge in [-0.25, -0.2) is 9.78 Å². The van der Waals surface area contributed by atoms with Crippen LogP contribution in [0.5, 0.6) is 0 Å². The maximum Gasteiger partial charge on any atom is 0.357 e. The monoisotopic (exact) mass is 392 g/mol. The number of ether oxygens (including phenoxy) is 1. The van der Waals surface area contributed by atoms with E-state index in [4.69, 9.17) is 4.74 Å². The zero-order valence-corrected chi connectivity index (χ0v) is 15.8. The van der Waals surface area contributed by atoms with Gasteiger partial charge in [0.1, 0.15) is 0 Å². The summed E-state index contributed by atoms with van der Waals surface area (Å²) in [6.07, 6.45) is 3.42. The lowest BCUT2D eigenvalue weighted by Crippen LogP contribution is -2.13. The first-order valence-corrected chi connectivity index (χ1v) is 9.67. The van der Waals surface area contributed by atoms with E-state index in [1.807, 2.05) is 66.9 Å². The van der Waals surface area contributed by atoms with Gasteiger partial charge in [0.2, 0.25) is 0 Å². The number of tetrazole rings is 1. The minimum absolute atomic E-state index is 0.0602. The number of hydrogen-bond donors (Lipinski definition) is 0. The first-order valence-electron chi connectivity index (χ1n) is 8.45. The van der Waals surface area contributed by atoms with Gasteiger partial charge < -0.3 is 4.74 Å². The topological polar surface area (TPSA) is 87.7 Å². The molecule has 0 aliphatic rings. The number of benzene rings is 2. The van der Waals surface area contributed by atoms with E-state index >= 15 is 0 Å². The Morgan fingerprint density at radius 1 is 1.04 bits per heavy atom. The maximum atomic E-state index is 12.7. The van der Waals surface area contributed by atoms with Crippen LogP contribution in [0.25, 0.3) is 11.4 Å². The highest BCUT2D eigenvalue weighted by Crippen LogP contribution is 2.22. The summed E-state index contributed by atoms with van der Waals surface area (Å²) in [6.45, 7) is -0.0602. The van der Waals surface area contributed by atoms with E-state index in [9.17, 15) is 4.79 Å². The Morgan fingerprint density at radius 2 is 1.71 bits per heavy atom. The Labute approximate surface area is 165 Å². The summed E-state index contributed by atoms with van der Waals surface area (Å²) in [5.41, 5.74) is 1.97. The summed E-state index contributed by atoms with van der Waals surface area (Å²) in [4.78, 5) is 17.1. The summed E-state index contributed by atoms with van der Waals surface area (Å²) < 4.78 is 8.79. The quantitative estimate of drug-likeness (QED) is 0.368. The van der Waals surface area contributed by atoms with Gasteiger partial charge in [0.25, 0.3) is 0 Å². The molecule has 0 bridgehead atoms. The maximum absolute atomic E-state index is 12.7. The molecule has 4 aromatic rings. The van der Waals surface area contributed by atoms with E-state index in [0.29, 0.717) is 16.7 Å². The van der Waals surface area contributed by atoms with Gasteiger partial charge >= 0.3 is 5.97 Å². The van der Waals surface area contributed by atoms with Crippen LogP contribution in [-0.4, -0.2) is 42.0 Å². The molecule has 9 heteroatoms. The van der Waals surface area contributed by atoms with Crippen molar-refractivity contribution in [1.29, 1.82) is 0 Å². The molecule has 0 fully saturated rings. The predicted octanol–water partition coefficient (Wildman–Crippen LogP) is 2.93. The van der Waals surface area contributed by atoms with Crippen molar-refractivity contribution in [3.8, 4) is 11.4 Å². The van der Waals surface area contributed by atoms with E-state index in [1.54, 1.807) is 4.57 Å². The molecular weight excluding hydrogens is 376 g/mol. The number of esters is 1. The first-order chi connectivity index (χ1) is 13.8. The lowest BCUT2D eigenvalue weighted by atomic mass is 10.3. The highest BCUT2D eigenvalue weighted by Gasteiger charge is 2.20. The molecule has 0 aliphatic heterocycles. The minimum Gasteiger partial charge on any atom is -0.453 e. The zero-order valence-electron chi connectivity index (χ0n) is 15.0. The smallest absolute Gasteiger partial charge is 0.357 e. The molecule has 0 N–H and O–H groups in total. The van der Waals surface area contributed by atoms with Crippen molar-refractivity contribution in [3.05, 3.63) is 78.4 Å². The van der Waals surface area contributed by atoms with Crippen molar-refractivity contribution >= 4 is 17.7 Å². The molecule has 0 aliphatic carbocycles. The van der Waals surface area contributed by atoms with Crippen LogP contribution < -0.4 is 0 Å². The van der Waals surface area contributed by atoms with Crippen LogP contribution in [0, 0.1) is 0 Å². The summed E-state index contributed by atoms with van der Waals surface area (Å²) in [5, 5.41) is 12.3. The summed E-state index contributed by atoms with van der Waals surface area (Å²) in [5.74, 6) is -0.0744. The number of carbonyl (C=O) groups is 1. The average Bonchev–Trinajstić information content (AvgIpc) is 3.40. The molecule has 0 unspecified atom stereocenters. The Kier molecular flexibility index (Phi) is 5.16. The third kappa shape index (κ3) is 3.52. The molecule has 0 saturated heterocycles. The number of thioether (sulfide) groups is 1. The molecule has 2 aromatic heterocycles. The summed E-state index contributed by atoms with van der Waals surface area (Å²) in [7, 11) is 0. The van der Waals surface area contributed by atoms with E-state index in [1.165, 1.54) is 22.6 Å². The van der Waals surface area contributed by atoms with Crippen LogP contribution in [-0.2, 0) is 11.3 Å². The zero-order chi connectivity index (χ0) is 19.3. The lowest BCUT2D eigenvalue weighted by molar-refractivity contribution is 0.0449. The Balaban J connectivity index is 1.57. The predicted molar refractivity (Wildman–Crippen MR) is 104 cm³/mol. The van der Waals surface area contributed by atoms with E-state index in [2.05, 4.69) is 20.5 Å². The molecule has 8 nitrogen and oxygen atoms in total. The number of para-hydroxylation sites is 2. The van der Waals surface area contributed by atoms with Crippen LogP contribution >= 0.6 is 11.8 Å². The Bertz CT molecular complexity index is 1080. The molecule has 2 heterocycles. The summed E-state index contributed by atoms with van der Waals surface area (Å²) >= 11 is 1.45. The van der Waals surface area contributed by atoms with Gasteiger partial charge in [-0.2, -0.15) is 4.68 Å². The standard InChI is InChI=1S/C19H16N6O2S/c1-28-19-20-12-16(24(19)14-8-4-2-5-9-14)18(26)27-13-17-21-22-23-25(17)15-10-6-3-7-11-15/h2-12H,13H2,1H3. The second-order valence-electron chi connectivity index (χ2n) is 5.72. The summed E-state index contributed by atoms with van der Waals surface area (Å²) in [6, 6.07) is 19.0. The first kappa shape index (κ1) is 17.9. The number of rotatable bonds is 6.